The molecular formula is C23H25N3O2S. The zero-order chi connectivity index (χ0) is 20.7. The van der Waals surface area contributed by atoms with Crippen LogP contribution in [0.3, 0.4) is 0 Å². The molecule has 4 rings (SSSR count). The zero-order valence-corrected chi connectivity index (χ0v) is 18.5. The van der Waals surface area contributed by atoms with E-state index < -0.39 is 0 Å². The lowest BCUT2D eigenvalue weighted by molar-refractivity contribution is 0.181. The molecule has 0 radical (unpaired) electrons. The van der Waals surface area contributed by atoms with Crippen molar-refractivity contribution in [2.24, 2.45) is 0 Å². The Labute approximate surface area is 174 Å². The lowest BCUT2D eigenvalue weighted by Gasteiger charge is -2.14. The normalized spacial score (nSPS) is 11.7. The topological polar surface area (TPSA) is 57.1 Å². The van der Waals surface area contributed by atoms with Crippen LogP contribution >= 0.6 is 11.3 Å². The Hall–Kier alpha value is -2.57. The largest absolute Gasteiger partial charge is 0.496 e. The van der Waals surface area contributed by atoms with Crippen molar-refractivity contribution in [2.75, 3.05) is 14.2 Å². The molecule has 0 unspecified atom stereocenters. The first-order valence-electron chi connectivity index (χ1n) is 9.66. The van der Waals surface area contributed by atoms with Gasteiger partial charge in [0.15, 0.2) is 0 Å². The fourth-order valence-corrected chi connectivity index (χ4v) is 4.91. The number of thiazole rings is 1. The van der Waals surface area contributed by atoms with E-state index in [0.29, 0.717) is 12.5 Å². The quantitative estimate of drug-likeness (QED) is 0.418. The van der Waals surface area contributed by atoms with Crippen molar-refractivity contribution < 1.29 is 9.47 Å². The summed E-state index contributed by atoms with van der Waals surface area (Å²) in [5, 5.41) is 0.956. The molecule has 29 heavy (non-hydrogen) atoms. The summed E-state index contributed by atoms with van der Waals surface area (Å²) in [5.74, 6) is 1.27. The lowest BCUT2D eigenvalue weighted by Crippen LogP contribution is -1.98. The molecule has 0 spiro atoms. The minimum atomic E-state index is 0.355. The van der Waals surface area contributed by atoms with E-state index in [0.717, 1.165) is 54.4 Å². The van der Waals surface area contributed by atoms with Crippen LogP contribution in [0.25, 0.3) is 31.8 Å². The van der Waals surface area contributed by atoms with Gasteiger partial charge in [-0.1, -0.05) is 13.8 Å². The number of hydrogen-bond acceptors (Lipinski definition) is 6. The van der Waals surface area contributed by atoms with Crippen LogP contribution in [0.5, 0.6) is 5.75 Å². The molecule has 150 valence electrons. The zero-order valence-electron chi connectivity index (χ0n) is 17.7. The average Bonchev–Trinajstić information content (AvgIpc) is 3.09. The van der Waals surface area contributed by atoms with E-state index in [1.54, 1.807) is 31.8 Å². The molecule has 0 N–H and O–H groups in total. The summed E-state index contributed by atoms with van der Waals surface area (Å²) in [6.07, 6.45) is 1.78. The fourth-order valence-electron chi connectivity index (χ4n) is 3.88. The number of fused-ring (bicyclic) bond motifs is 2. The van der Waals surface area contributed by atoms with Crippen LogP contribution < -0.4 is 4.74 Å². The molecule has 0 amide bonds. The Morgan fingerprint density at radius 3 is 2.52 bits per heavy atom. The Bertz CT molecular complexity index is 1210. The number of benzene rings is 2. The molecule has 0 saturated heterocycles. The first kappa shape index (κ1) is 19.7. The highest BCUT2D eigenvalue weighted by atomic mass is 32.1. The van der Waals surface area contributed by atoms with Crippen molar-refractivity contribution in [1.82, 2.24) is 15.0 Å². The second-order valence-corrected chi connectivity index (χ2v) is 8.64. The van der Waals surface area contributed by atoms with Gasteiger partial charge >= 0.3 is 0 Å². The summed E-state index contributed by atoms with van der Waals surface area (Å²) in [6.45, 7) is 9.03. The molecule has 0 bridgehead atoms. The first-order chi connectivity index (χ1) is 13.9. The van der Waals surface area contributed by atoms with Crippen LogP contribution in [0.4, 0.5) is 0 Å². The van der Waals surface area contributed by atoms with Gasteiger partial charge in [0.05, 0.1) is 46.9 Å². The molecule has 0 aliphatic rings. The molecule has 5 nitrogen and oxygen atoms in total. The highest BCUT2D eigenvalue weighted by Crippen LogP contribution is 2.41. The van der Waals surface area contributed by atoms with Gasteiger partial charge in [-0.2, -0.15) is 0 Å². The van der Waals surface area contributed by atoms with Gasteiger partial charge in [-0.25, -0.2) is 9.97 Å². The molecule has 6 heteroatoms. The van der Waals surface area contributed by atoms with E-state index in [2.05, 4.69) is 45.9 Å². The number of methoxy groups -OCH3 is 2. The van der Waals surface area contributed by atoms with E-state index in [1.165, 1.54) is 5.56 Å². The maximum atomic E-state index is 5.63. The number of aryl methyl sites for hydroxylation is 1. The summed E-state index contributed by atoms with van der Waals surface area (Å²) in [6, 6.07) is 6.30. The van der Waals surface area contributed by atoms with Gasteiger partial charge < -0.3 is 9.47 Å². The van der Waals surface area contributed by atoms with Gasteiger partial charge in [0.1, 0.15) is 10.8 Å². The van der Waals surface area contributed by atoms with Crippen LogP contribution in [0, 0.1) is 13.8 Å². The van der Waals surface area contributed by atoms with Crippen LogP contribution in [0.15, 0.2) is 24.4 Å². The van der Waals surface area contributed by atoms with Crippen molar-refractivity contribution in [3.63, 3.8) is 0 Å². The molecule has 4 aromatic rings. The van der Waals surface area contributed by atoms with Crippen molar-refractivity contribution in [3.8, 4) is 16.3 Å². The van der Waals surface area contributed by atoms with E-state index in [9.17, 15) is 0 Å². The van der Waals surface area contributed by atoms with Gasteiger partial charge in [0, 0.05) is 12.7 Å². The van der Waals surface area contributed by atoms with Crippen molar-refractivity contribution >= 4 is 32.6 Å². The monoisotopic (exact) mass is 407 g/mol. The number of nitrogens with zero attached hydrogens (tertiary/aromatic N) is 3. The van der Waals surface area contributed by atoms with Crippen LogP contribution in [0.1, 0.15) is 42.1 Å². The Kier molecular flexibility index (Phi) is 5.23. The van der Waals surface area contributed by atoms with Crippen LogP contribution in [0.2, 0.25) is 0 Å². The van der Waals surface area contributed by atoms with Crippen LogP contribution in [-0.4, -0.2) is 29.2 Å². The Morgan fingerprint density at radius 2 is 1.83 bits per heavy atom. The SMILES string of the molecule is COCc1cnc2c(-c3nc4c(C(C)C)c(C)c(OC)cc4s3)cc(C)cc2n1. The van der Waals surface area contributed by atoms with E-state index >= 15 is 0 Å². The number of rotatable bonds is 5. The molecule has 2 heterocycles. The second kappa shape index (κ2) is 7.69. The Morgan fingerprint density at radius 1 is 1.03 bits per heavy atom. The molecule has 0 aliphatic heterocycles. The van der Waals surface area contributed by atoms with Gasteiger partial charge in [-0.3, -0.25) is 4.98 Å². The molecule has 0 saturated carbocycles. The fraction of sp³-hybridized carbons (Fsp3) is 0.348. The Balaban J connectivity index is 1.97. The predicted molar refractivity (Wildman–Crippen MR) is 119 cm³/mol. The van der Waals surface area contributed by atoms with Crippen LogP contribution in [-0.2, 0) is 11.3 Å². The van der Waals surface area contributed by atoms with Gasteiger partial charge in [0.25, 0.3) is 0 Å². The average molecular weight is 408 g/mol. The molecule has 0 atom stereocenters. The van der Waals surface area contributed by atoms with Crippen molar-refractivity contribution in [1.29, 1.82) is 0 Å². The van der Waals surface area contributed by atoms with Crippen molar-refractivity contribution in [3.05, 3.63) is 46.8 Å². The van der Waals surface area contributed by atoms with Gasteiger partial charge in [-0.05, 0) is 54.7 Å². The minimum Gasteiger partial charge on any atom is -0.496 e. The third-order valence-electron chi connectivity index (χ3n) is 5.11. The summed E-state index contributed by atoms with van der Waals surface area (Å²) in [4.78, 5) is 14.5. The maximum absolute atomic E-state index is 5.63. The van der Waals surface area contributed by atoms with E-state index in [4.69, 9.17) is 24.4 Å². The maximum Gasteiger partial charge on any atom is 0.126 e. The third-order valence-corrected chi connectivity index (χ3v) is 6.14. The first-order valence-corrected chi connectivity index (χ1v) is 10.5. The standard InChI is InChI=1S/C23H25N3O2S/c1-12(2)20-14(4)18(28-6)9-19-22(20)26-23(29-19)16-7-13(3)8-17-21(16)24-10-15(25-17)11-27-5/h7-10,12H,11H2,1-6H3. The highest BCUT2D eigenvalue weighted by molar-refractivity contribution is 7.21. The number of hydrogen-bond donors (Lipinski definition) is 0. The molecule has 0 fully saturated rings. The lowest BCUT2D eigenvalue weighted by atomic mass is 9.96. The smallest absolute Gasteiger partial charge is 0.126 e. The van der Waals surface area contributed by atoms with Gasteiger partial charge in [-0.15, -0.1) is 11.3 Å². The molecule has 2 aromatic carbocycles. The minimum absolute atomic E-state index is 0.355. The van der Waals surface area contributed by atoms with E-state index in [1.807, 2.05) is 0 Å². The summed E-state index contributed by atoms with van der Waals surface area (Å²) >= 11 is 1.67. The number of ether oxygens (including phenoxy) is 2. The molecule has 2 aromatic heterocycles. The summed E-state index contributed by atoms with van der Waals surface area (Å²) < 4.78 is 12.0. The summed E-state index contributed by atoms with van der Waals surface area (Å²) in [7, 11) is 3.39. The van der Waals surface area contributed by atoms with Gasteiger partial charge in [0.2, 0.25) is 0 Å². The van der Waals surface area contributed by atoms with E-state index in [-0.39, 0.29) is 0 Å². The molecular weight excluding hydrogens is 382 g/mol. The summed E-state index contributed by atoms with van der Waals surface area (Å²) in [5.41, 5.74) is 8.16. The predicted octanol–water partition coefficient (Wildman–Crippen LogP) is 5.80. The number of aromatic nitrogens is 3. The second-order valence-electron chi connectivity index (χ2n) is 7.61. The third kappa shape index (κ3) is 3.47. The van der Waals surface area contributed by atoms with Crippen molar-refractivity contribution in [2.45, 2.75) is 40.2 Å². The molecule has 0 aliphatic carbocycles. The highest BCUT2D eigenvalue weighted by Gasteiger charge is 2.19.